The number of hydrogen-bond acceptors (Lipinski definition) is 4. The third-order valence-corrected chi connectivity index (χ3v) is 2.67. The van der Waals surface area contributed by atoms with Crippen LogP contribution in [0.15, 0.2) is 0 Å². The third-order valence-electron chi connectivity index (χ3n) is 2.67. The van der Waals surface area contributed by atoms with Crippen LogP contribution in [0.2, 0.25) is 0 Å². The number of aliphatic hydroxyl groups is 1. The van der Waals surface area contributed by atoms with E-state index in [9.17, 15) is 9.59 Å². The van der Waals surface area contributed by atoms with Gasteiger partial charge in [0, 0.05) is 6.42 Å². The number of aliphatic carboxylic acids is 1. The predicted octanol–water partition coefficient (Wildman–Crippen LogP) is 2.12. The summed E-state index contributed by atoms with van der Waals surface area (Å²) >= 11 is 0. The van der Waals surface area contributed by atoms with Crippen LogP contribution in [0.4, 0.5) is 0 Å². The van der Waals surface area contributed by atoms with E-state index >= 15 is 0 Å². The van der Waals surface area contributed by atoms with E-state index in [0.717, 1.165) is 19.3 Å². The molecule has 0 fully saturated rings. The predicted molar refractivity (Wildman–Crippen MR) is 67.2 cm³/mol. The van der Waals surface area contributed by atoms with Crippen LogP contribution in [-0.2, 0) is 14.3 Å². The van der Waals surface area contributed by atoms with Crippen LogP contribution in [0.1, 0.15) is 58.3 Å². The number of hydrogen-bond donors (Lipinski definition) is 2. The Labute approximate surface area is 108 Å². The molecule has 0 aromatic heterocycles. The van der Waals surface area contributed by atoms with Gasteiger partial charge in [0.25, 0.3) is 0 Å². The average Bonchev–Trinajstić information content (AvgIpc) is 2.34. The lowest BCUT2D eigenvalue weighted by molar-refractivity contribution is -0.149. The second kappa shape index (κ2) is 11.0. The van der Waals surface area contributed by atoms with Crippen molar-refractivity contribution < 1.29 is 24.5 Å². The number of aliphatic hydroxyl groups excluding tert-OH is 1. The highest BCUT2D eigenvalue weighted by molar-refractivity contribution is 5.74. The minimum absolute atomic E-state index is 0.0523. The van der Waals surface area contributed by atoms with E-state index in [1.165, 1.54) is 19.3 Å². The van der Waals surface area contributed by atoms with E-state index < -0.39 is 18.0 Å². The lowest BCUT2D eigenvalue weighted by Gasteiger charge is -2.06. The Morgan fingerprint density at radius 1 is 1.11 bits per heavy atom. The minimum atomic E-state index is -1.48. The van der Waals surface area contributed by atoms with Gasteiger partial charge in [-0.15, -0.1) is 0 Å². The lowest BCUT2D eigenvalue weighted by Crippen LogP contribution is -2.21. The van der Waals surface area contributed by atoms with Gasteiger partial charge in [0.15, 0.2) is 6.10 Å². The average molecular weight is 260 g/mol. The van der Waals surface area contributed by atoms with Crippen LogP contribution in [0, 0.1) is 0 Å². The Balaban J connectivity index is 3.35. The second-order valence-electron chi connectivity index (χ2n) is 4.38. The molecule has 1 atom stereocenters. The molecule has 0 bridgehead atoms. The van der Waals surface area contributed by atoms with Gasteiger partial charge in [-0.25, -0.2) is 4.79 Å². The largest absolute Gasteiger partial charge is 0.479 e. The Kier molecular flexibility index (Phi) is 10.3. The van der Waals surface area contributed by atoms with Gasteiger partial charge in [-0.05, 0) is 12.8 Å². The fraction of sp³-hybridized carbons (Fsp3) is 0.846. The summed E-state index contributed by atoms with van der Waals surface area (Å²) in [5.41, 5.74) is 0. The normalized spacial score (nSPS) is 12.1. The van der Waals surface area contributed by atoms with Gasteiger partial charge in [0.05, 0.1) is 6.61 Å². The summed E-state index contributed by atoms with van der Waals surface area (Å²) in [6.45, 7) is 2.54. The molecule has 0 amide bonds. The van der Waals surface area contributed by atoms with Crippen molar-refractivity contribution in [2.24, 2.45) is 0 Å². The van der Waals surface area contributed by atoms with Gasteiger partial charge in [-0.3, -0.25) is 4.79 Å². The number of carboxylic acid groups (broad SMARTS) is 1. The zero-order valence-electron chi connectivity index (χ0n) is 11.1. The van der Waals surface area contributed by atoms with Crippen LogP contribution < -0.4 is 0 Å². The van der Waals surface area contributed by atoms with E-state index in [1.54, 1.807) is 0 Å². The standard InChI is InChI=1S/C13H24O5/c1-2-3-4-5-6-7-10-18-12(15)9-8-11(14)13(16)17/h11,14H,2-10H2,1H3,(H,16,17)/t11-/m1/s1. The van der Waals surface area contributed by atoms with E-state index in [2.05, 4.69) is 6.92 Å². The summed E-state index contributed by atoms with van der Waals surface area (Å²) in [4.78, 5) is 21.5. The van der Waals surface area contributed by atoms with Crippen molar-refractivity contribution in [2.45, 2.75) is 64.4 Å². The fourth-order valence-electron chi connectivity index (χ4n) is 1.52. The molecule has 18 heavy (non-hydrogen) atoms. The van der Waals surface area contributed by atoms with Crippen molar-refractivity contribution in [1.82, 2.24) is 0 Å². The van der Waals surface area contributed by atoms with Crippen LogP contribution in [0.3, 0.4) is 0 Å². The summed E-state index contributed by atoms with van der Waals surface area (Å²) in [5, 5.41) is 17.4. The molecule has 0 aromatic rings. The molecule has 0 spiro atoms. The van der Waals surface area contributed by atoms with Crippen molar-refractivity contribution in [3.05, 3.63) is 0 Å². The fourth-order valence-corrected chi connectivity index (χ4v) is 1.52. The number of rotatable bonds is 11. The Hall–Kier alpha value is -1.10. The van der Waals surface area contributed by atoms with Crippen molar-refractivity contribution in [3.8, 4) is 0 Å². The molecule has 2 N–H and O–H groups in total. The number of unbranched alkanes of at least 4 members (excludes halogenated alkanes) is 5. The van der Waals surface area contributed by atoms with E-state index in [-0.39, 0.29) is 12.8 Å². The first kappa shape index (κ1) is 16.9. The SMILES string of the molecule is CCCCCCCCOC(=O)CC[C@@H](O)C(=O)O. The number of carbonyl (C=O) groups is 2. The van der Waals surface area contributed by atoms with Crippen LogP contribution in [-0.4, -0.2) is 34.9 Å². The molecular weight excluding hydrogens is 236 g/mol. The molecular formula is C13H24O5. The topological polar surface area (TPSA) is 83.8 Å². The summed E-state index contributed by atoms with van der Waals surface area (Å²) in [5.74, 6) is -1.75. The Bertz CT molecular complexity index is 240. The van der Waals surface area contributed by atoms with Gasteiger partial charge < -0.3 is 14.9 Å². The summed E-state index contributed by atoms with van der Waals surface area (Å²) in [6, 6.07) is 0. The van der Waals surface area contributed by atoms with Gasteiger partial charge in [0.2, 0.25) is 0 Å². The highest BCUT2D eigenvalue weighted by Crippen LogP contribution is 2.05. The Morgan fingerprint density at radius 3 is 2.33 bits per heavy atom. The number of carbonyl (C=O) groups excluding carboxylic acids is 1. The van der Waals surface area contributed by atoms with Crippen LogP contribution >= 0.6 is 0 Å². The molecule has 0 radical (unpaired) electrons. The van der Waals surface area contributed by atoms with Crippen molar-refractivity contribution in [1.29, 1.82) is 0 Å². The highest BCUT2D eigenvalue weighted by Gasteiger charge is 2.15. The van der Waals surface area contributed by atoms with E-state index in [1.807, 2.05) is 0 Å². The van der Waals surface area contributed by atoms with Gasteiger partial charge >= 0.3 is 11.9 Å². The summed E-state index contributed by atoms with van der Waals surface area (Å²) in [6.07, 6.45) is 5.09. The molecule has 0 aliphatic heterocycles. The minimum Gasteiger partial charge on any atom is -0.479 e. The quantitative estimate of drug-likeness (QED) is 0.439. The number of esters is 1. The first-order valence-electron chi connectivity index (χ1n) is 6.64. The van der Waals surface area contributed by atoms with Crippen molar-refractivity contribution >= 4 is 11.9 Å². The number of ether oxygens (including phenoxy) is 1. The van der Waals surface area contributed by atoms with E-state index in [0.29, 0.717) is 6.61 Å². The summed E-state index contributed by atoms with van der Waals surface area (Å²) in [7, 11) is 0. The third kappa shape index (κ3) is 10.1. The van der Waals surface area contributed by atoms with Gasteiger partial charge in [-0.1, -0.05) is 39.0 Å². The zero-order valence-corrected chi connectivity index (χ0v) is 11.1. The van der Waals surface area contributed by atoms with Crippen LogP contribution in [0.5, 0.6) is 0 Å². The smallest absolute Gasteiger partial charge is 0.332 e. The first-order chi connectivity index (χ1) is 8.57. The molecule has 0 aromatic carbocycles. The molecule has 5 heteroatoms. The molecule has 0 aliphatic rings. The second-order valence-corrected chi connectivity index (χ2v) is 4.38. The molecule has 0 heterocycles. The molecule has 5 nitrogen and oxygen atoms in total. The van der Waals surface area contributed by atoms with E-state index in [4.69, 9.17) is 14.9 Å². The lowest BCUT2D eigenvalue weighted by atomic mass is 10.1. The maximum Gasteiger partial charge on any atom is 0.332 e. The van der Waals surface area contributed by atoms with Gasteiger partial charge in [0.1, 0.15) is 0 Å². The molecule has 0 saturated carbocycles. The maximum absolute atomic E-state index is 11.2. The molecule has 0 unspecified atom stereocenters. The van der Waals surface area contributed by atoms with Crippen molar-refractivity contribution in [2.75, 3.05) is 6.61 Å². The summed E-state index contributed by atoms with van der Waals surface area (Å²) < 4.78 is 4.94. The van der Waals surface area contributed by atoms with Gasteiger partial charge in [-0.2, -0.15) is 0 Å². The highest BCUT2D eigenvalue weighted by atomic mass is 16.5. The molecule has 0 saturated heterocycles. The zero-order chi connectivity index (χ0) is 13.8. The Morgan fingerprint density at radius 2 is 1.72 bits per heavy atom. The molecule has 0 aliphatic carbocycles. The first-order valence-corrected chi connectivity index (χ1v) is 6.64. The monoisotopic (exact) mass is 260 g/mol. The van der Waals surface area contributed by atoms with Crippen LogP contribution in [0.25, 0.3) is 0 Å². The maximum atomic E-state index is 11.2. The molecule has 106 valence electrons. The molecule has 0 rings (SSSR count). The van der Waals surface area contributed by atoms with Crippen molar-refractivity contribution in [3.63, 3.8) is 0 Å². The number of carboxylic acids is 1.